The molecular formula is C25H28N4O4. The molecule has 172 valence electrons. The number of nitrogens with zero attached hydrogens (tertiary/aromatic N) is 2. The first kappa shape index (κ1) is 23.6. The lowest BCUT2D eigenvalue weighted by Gasteiger charge is -2.13. The maximum atomic E-state index is 12.3. The molecule has 0 aliphatic rings. The smallest absolute Gasteiger partial charge is 0.329 e. The highest BCUT2D eigenvalue weighted by atomic mass is 16.5. The minimum absolute atomic E-state index is 0.347. The van der Waals surface area contributed by atoms with Crippen LogP contribution in [0.25, 0.3) is 5.69 Å². The van der Waals surface area contributed by atoms with Crippen LogP contribution in [-0.2, 0) is 9.59 Å². The number of nitrogens with one attached hydrogen (secondary N) is 2. The van der Waals surface area contributed by atoms with E-state index in [1.807, 2.05) is 19.9 Å². The molecule has 3 aromatic rings. The third-order valence-electron chi connectivity index (χ3n) is 5.30. The van der Waals surface area contributed by atoms with Crippen LogP contribution in [0.4, 0.5) is 5.69 Å². The summed E-state index contributed by atoms with van der Waals surface area (Å²) >= 11 is 0. The molecule has 0 saturated carbocycles. The highest BCUT2D eigenvalue weighted by molar-refractivity contribution is 6.39. The van der Waals surface area contributed by atoms with E-state index in [1.165, 1.54) is 31.6 Å². The summed E-state index contributed by atoms with van der Waals surface area (Å²) in [6.45, 7) is 8.13. The van der Waals surface area contributed by atoms with Crippen molar-refractivity contribution < 1.29 is 19.1 Å². The van der Waals surface area contributed by atoms with Crippen LogP contribution in [0.3, 0.4) is 0 Å². The Kier molecular flexibility index (Phi) is 7.17. The zero-order valence-electron chi connectivity index (χ0n) is 19.6. The van der Waals surface area contributed by atoms with Crippen LogP contribution in [0.1, 0.15) is 28.1 Å². The van der Waals surface area contributed by atoms with Crippen molar-refractivity contribution in [3.8, 4) is 17.2 Å². The van der Waals surface area contributed by atoms with E-state index in [9.17, 15) is 9.59 Å². The normalized spacial score (nSPS) is 10.8. The Bertz CT molecular complexity index is 1230. The quantitative estimate of drug-likeness (QED) is 0.341. The molecule has 0 bridgehead atoms. The number of rotatable bonds is 6. The van der Waals surface area contributed by atoms with E-state index in [0.29, 0.717) is 17.2 Å². The van der Waals surface area contributed by atoms with Gasteiger partial charge >= 0.3 is 11.8 Å². The number of benzene rings is 2. The Morgan fingerprint density at radius 2 is 1.70 bits per heavy atom. The number of aromatic nitrogens is 1. The number of aryl methyl sites for hydroxylation is 3. The molecule has 0 unspecified atom stereocenters. The number of carbonyl (C=O) groups is 2. The van der Waals surface area contributed by atoms with Gasteiger partial charge in [-0.1, -0.05) is 17.7 Å². The van der Waals surface area contributed by atoms with Crippen LogP contribution in [0.2, 0.25) is 0 Å². The molecule has 0 aliphatic carbocycles. The summed E-state index contributed by atoms with van der Waals surface area (Å²) in [7, 11) is 2.99. The van der Waals surface area contributed by atoms with Gasteiger partial charge in [-0.15, -0.1) is 0 Å². The Balaban J connectivity index is 1.70. The fourth-order valence-corrected chi connectivity index (χ4v) is 3.64. The van der Waals surface area contributed by atoms with Crippen molar-refractivity contribution >= 4 is 23.7 Å². The molecule has 1 aromatic heterocycles. The van der Waals surface area contributed by atoms with E-state index in [4.69, 9.17) is 9.47 Å². The minimum Gasteiger partial charge on any atom is -0.497 e. The average Bonchev–Trinajstić information content (AvgIpc) is 3.07. The molecule has 33 heavy (non-hydrogen) atoms. The Labute approximate surface area is 193 Å². The minimum atomic E-state index is -0.896. The van der Waals surface area contributed by atoms with E-state index in [1.54, 1.807) is 18.2 Å². The summed E-state index contributed by atoms with van der Waals surface area (Å²) in [6, 6.07) is 13.1. The maximum Gasteiger partial charge on any atom is 0.329 e. The number of methoxy groups -OCH3 is 2. The standard InChI is InChI=1S/C25H28N4O4/c1-15-7-10-22(16(2)11-15)29-17(3)12-19(18(29)4)14-26-28-25(31)24(30)27-21-9-8-20(32-5)13-23(21)33-6/h7-14H,1-6H3,(H,27,30)(H,28,31)/b26-14-. The molecule has 8 heteroatoms. The van der Waals surface area contributed by atoms with Gasteiger partial charge in [0.05, 0.1) is 26.1 Å². The van der Waals surface area contributed by atoms with Gasteiger partial charge in [0, 0.05) is 28.7 Å². The summed E-state index contributed by atoms with van der Waals surface area (Å²) in [5.74, 6) is -0.821. The Morgan fingerprint density at radius 1 is 0.939 bits per heavy atom. The maximum absolute atomic E-state index is 12.3. The molecule has 2 aromatic carbocycles. The summed E-state index contributed by atoms with van der Waals surface area (Å²) in [5, 5.41) is 6.48. The molecule has 2 N–H and O–H groups in total. The molecule has 3 rings (SSSR count). The molecule has 0 fully saturated rings. The van der Waals surface area contributed by atoms with E-state index in [2.05, 4.69) is 52.5 Å². The second-order valence-electron chi connectivity index (χ2n) is 7.67. The summed E-state index contributed by atoms with van der Waals surface area (Å²) in [6.07, 6.45) is 1.53. The van der Waals surface area contributed by atoms with E-state index < -0.39 is 11.8 Å². The molecule has 0 atom stereocenters. The SMILES string of the molecule is COc1ccc(NC(=O)C(=O)N/N=C\c2cc(C)n(-c3ccc(C)cc3C)c2C)c(OC)c1. The zero-order chi connectivity index (χ0) is 24.1. The number of ether oxygens (including phenoxy) is 2. The predicted molar refractivity (Wildman–Crippen MR) is 129 cm³/mol. The Hall–Kier alpha value is -4.07. The van der Waals surface area contributed by atoms with Gasteiger partial charge in [-0.3, -0.25) is 9.59 Å². The number of hydrogen-bond donors (Lipinski definition) is 2. The molecule has 0 spiro atoms. The Morgan fingerprint density at radius 3 is 2.36 bits per heavy atom. The largest absolute Gasteiger partial charge is 0.497 e. The van der Waals surface area contributed by atoms with Crippen molar-refractivity contribution in [2.45, 2.75) is 27.7 Å². The highest BCUT2D eigenvalue weighted by Gasteiger charge is 2.16. The van der Waals surface area contributed by atoms with Crippen LogP contribution in [0, 0.1) is 27.7 Å². The van der Waals surface area contributed by atoms with Gasteiger partial charge in [0.15, 0.2) is 0 Å². The highest BCUT2D eigenvalue weighted by Crippen LogP contribution is 2.29. The van der Waals surface area contributed by atoms with E-state index in [0.717, 1.165) is 22.6 Å². The fourth-order valence-electron chi connectivity index (χ4n) is 3.64. The van der Waals surface area contributed by atoms with Crippen LogP contribution >= 0.6 is 0 Å². The van der Waals surface area contributed by atoms with Crippen molar-refractivity contribution in [3.05, 3.63) is 70.5 Å². The average molecular weight is 449 g/mol. The first-order valence-corrected chi connectivity index (χ1v) is 10.4. The second-order valence-corrected chi connectivity index (χ2v) is 7.67. The monoisotopic (exact) mass is 448 g/mol. The second kappa shape index (κ2) is 10.0. The lowest BCUT2D eigenvalue weighted by molar-refractivity contribution is -0.136. The molecule has 8 nitrogen and oxygen atoms in total. The number of hydrogen-bond acceptors (Lipinski definition) is 5. The van der Waals surface area contributed by atoms with Crippen LogP contribution in [0.5, 0.6) is 11.5 Å². The topological polar surface area (TPSA) is 94.0 Å². The molecular weight excluding hydrogens is 420 g/mol. The molecule has 0 radical (unpaired) electrons. The van der Waals surface area contributed by atoms with Gasteiger partial charge in [-0.25, -0.2) is 5.43 Å². The van der Waals surface area contributed by atoms with Crippen molar-refractivity contribution in [2.75, 3.05) is 19.5 Å². The molecule has 0 saturated heterocycles. The van der Waals surface area contributed by atoms with Gasteiger partial charge in [0.25, 0.3) is 0 Å². The molecule has 2 amide bonds. The summed E-state index contributed by atoms with van der Waals surface area (Å²) in [5.41, 5.74) is 8.93. The number of anilines is 1. The third-order valence-corrected chi connectivity index (χ3v) is 5.30. The van der Waals surface area contributed by atoms with Crippen molar-refractivity contribution in [2.24, 2.45) is 5.10 Å². The van der Waals surface area contributed by atoms with Crippen molar-refractivity contribution in [3.63, 3.8) is 0 Å². The van der Waals surface area contributed by atoms with Gasteiger partial charge in [0.1, 0.15) is 11.5 Å². The molecule has 1 heterocycles. The van der Waals surface area contributed by atoms with Crippen LogP contribution < -0.4 is 20.2 Å². The third kappa shape index (κ3) is 5.23. The van der Waals surface area contributed by atoms with Gasteiger partial charge in [0.2, 0.25) is 0 Å². The lowest BCUT2D eigenvalue weighted by atomic mass is 10.1. The fraction of sp³-hybridized carbons (Fsp3) is 0.240. The van der Waals surface area contributed by atoms with E-state index in [-0.39, 0.29) is 0 Å². The zero-order valence-corrected chi connectivity index (χ0v) is 19.6. The van der Waals surface area contributed by atoms with Crippen molar-refractivity contribution in [1.82, 2.24) is 9.99 Å². The predicted octanol–water partition coefficient (Wildman–Crippen LogP) is 3.82. The number of carbonyl (C=O) groups excluding carboxylic acids is 2. The first-order valence-electron chi connectivity index (χ1n) is 10.4. The summed E-state index contributed by atoms with van der Waals surface area (Å²) < 4.78 is 12.5. The van der Waals surface area contributed by atoms with Crippen LogP contribution in [-0.4, -0.2) is 36.8 Å². The number of hydrazone groups is 1. The van der Waals surface area contributed by atoms with Gasteiger partial charge < -0.3 is 19.4 Å². The number of amides is 2. The van der Waals surface area contributed by atoms with Crippen LogP contribution in [0.15, 0.2) is 47.6 Å². The molecule has 0 aliphatic heterocycles. The lowest BCUT2D eigenvalue weighted by Crippen LogP contribution is -2.32. The first-order chi connectivity index (χ1) is 15.7. The van der Waals surface area contributed by atoms with Gasteiger partial charge in [-0.05, 0) is 57.5 Å². The van der Waals surface area contributed by atoms with E-state index >= 15 is 0 Å². The summed E-state index contributed by atoms with van der Waals surface area (Å²) in [4.78, 5) is 24.5. The van der Waals surface area contributed by atoms with Crippen molar-refractivity contribution in [1.29, 1.82) is 0 Å². The van der Waals surface area contributed by atoms with Gasteiger partial charge in [-0.2, -0.15) is 5.10 Å².